The van der Waals surface area contributed by atoms with E-state index < -0.39 is 0 Å². The molecular weight excluding hydrogens is 162 g/mol. The summed E-state index contributed by atoms with van der Waals surface area (Å²) in [7, 11) is 2.36. The maximum atomic E-state index is 9.18. The van der Waals surface area contributed by atoms with Gasteiger partial charge in [0.25, 0.3) is 0 Å². The van der Waals surface area contributed by atoms with E-state index in [1.165, 1.54) is 0 Å². The summed E-state index contributed by atoms with van der Waals surface area (Å²) in [4.78, 5) is 10.1. The molecule has 0 heterocycles. The van der Waals surface area contributed by atoms with E-state index in [4.69, 9.17) is 0 Å². The molecule has 27 valence electrons. The Labute approximate surface area is 34.5 Å². The third kappa shape index (κ3) is 2.72. The van der Waals surface area contributed by atoms with Crippen molar-refractivity contribution in [3.63, 3.8) is 0 Å². The SMILES string of the molecule is O=[CH][Rh][PH2]. The van der Waals surface area contributed by atoms with Gasteiger partial charge in [-0.1, -0.05) is 0 Å². The molecule has 0 rings (SSSR count). The van der Waals surface area contributed by atoms with Gasteiger partial charge in [0.2, 0.25) is 0 Å². The standard InChI is InChI=1S/CHO.H2P.Rh/c1-2;;/h1H;1H2;/q;-1;+1. The normalized spacial score (nSPS) is 7.25. The fourth-order valence-electron chi connectivity index (χ4n) is 0. The summed E-state index contributed by atoms with van der Waals surface area (Å²) in [6.07, 6.45) is 0. The second-order valence-electron chi connectivity index (χ2n) is 0.190. The van der Waals surface area contributed by atoms with Gasteiger partial charge in [-0.3, -0.25) is 0 Å². The average Bonchev–Trinajstić information content (AvgIpc) is 1.37. The molecule has 1 atom stereocenters. The van der Waals surface area contributed by atoms with E-state index in [-0.39, 0.29) is 16.6 Å². The molecule has 0 aliphatic heterocycles. The number of hydrogen-bond donors (Lipinski definition) is 0. The molecule has 4 heavy (non-hydrogen) atoms. The van der Waals surface area contributed by atoms with Gasteiger partial charge in [0, 0.05) is 0 Å². The molecule has 3 heteroatoms. The Balaban J connectivity index is 2.30. The molecule has 0 aromatic rings. The quantitative estimate of drug-likeness (QED) is 0.304. The number of carbonyl (C=O) groups excluding carboxylic acids is 1. The van der Waals surface area contributed by atoms with Crippen LogP contribution in [0.25, 0.3) is 0 Å². The van der Waals surface area contributed by atoms with Crippen LogP contribution in [0.5, 0.6) is 0 Å². The Hall–Kier alpha value is 0.723. The van der Waals surface area contributed by atoms with Gasteiger partial charge in [0.05, 0.1) is 0 Å². The van der Waals surface area contributed by atoms with Crippen molar-refractivity contribution in [1.29, 1.82) is 0 Å². The average molecular weight is 165 g/mol. The van der Waals surface area contributed by atoms with Gasteiger partial charge in [0.1, 0.15) is 0 Å². The van der Waals surface area contributed by atoms with Gasteiger partial charge in [-0.15, -0.1) is 0 Å². The van der Waals surface area contributed by atoms with Gasteiger partial charge < -0.3 is 0 Å². The van der Waals surface area contributed by atoms with E-state index >= 15 is 0 Å². The number of carbonyl (C=O) groups is 1. The third-order valence-corrected chi connectivity index (χ3v) is 0.805. The monoisotopic (exact) mass is 165 g/mol. The van der Waals surface area contributed by atoms with Crippen molar-refractivity contribution in [2.75, 3.05) is 0 Å². The van der Waals surface area contributed by atoms with E-state index in [0.29, 0.717) is 0 Å². The van der Waals surface area contributed by atoms with E-state index in [9.17, 15) is 4.79 Å². The van der Waals surface area contributed by atoms with Crippen LogP contribution in [0.2, 0.25) is 0 Å². The first kappa shape index (κ1) is 4.72. The van der Waals surface area contributed by atoms with Crippen molar-refractivity contribution in [2.45, 2.75) is 0 Å². The molecule has 0 bridgehead atoms. The van der Waals surface area contributed by atoms with Crippen LogP contribution in [0.3, 0.4) is 0 Å². The molecule has 0 N–H and O–H groups in total. The Morgan fingerprint density at radius 1 is 2.00 bits per heavy atom. The first-order chi connectivity index (χ1) is 1.91. The minimum absolute atomic E-state index is 0.104. The Morgan fingerprint density at radius 2 is 2.25 bits per heavy atom. The maximum absolute atomic E-state index is 9.18. The van der Waals surface area contributed by atoms with Crippen LogP contribution < -0.4 is 0 Å². The molecule has 1 unspecified atom stereocenters. The molecule has 0 aliphatic rings. The summed E-state index contributed by atoms with van der Waals surface area (Å²) < 4.78 is 0. The first-order valence-electron chi connectivity index (χ1n) is 0.621. The van der Waals surface area contributed by atoms with E-state index in [1.54, 1.807) is 0 Å². The molecule has 0 saturated carbocycles. The predicted molar refractivity (Wildman–Crippen MR) is 16.5 cm³/mol. The van der Waals surface area contributed by atoms with Crippen LogP contribution in [-0.2, 0) is 21.4 Å². The Morgan fingerprint density at radius 3 is 2.25 bits per heavy atom. The second-order valence-corrected chi connectivity index (χ2v) is 2.44. The van der Waals surface area contributed by atoms with Crippen molar-refractivity contribution < 1.29 is 21.4 Å². The van der Waals surface area contributed by atoms with Gasteiger partial charge in [-0.25, -0.2) is 0 Å². The fourth-order valence-corrected chi connectivity index (χ4v) is 0. The summed E-state index contributed by atoms with van der Waals surface area (Å²) in [5.74, 6) is 0. The zero-order valence-electron chi connectivity index (χ0n) is 1.90. The van der Waals surface area contributed by atoms with E-state index in [1.807, 2.05) is 0 Å². The summed E-state index contributed by atoms with van der Waals surface area (Å²) in [5, 5.41) is 0. The molecule has 0 radical (unpaired) electrons. The van der Waals surface area contributed by atoms with Crippen molar-refractivity contribution in [1.82, 2.24) is 0 Å². The molecule has 0 amide bonds. The van der Waals surface area contributed by atoms with Crippen LogP contribution in [0.4, 0.5) is 0 Å². The summed E-state index contributed by atoms with van der Waals surface area (Å²) in [6, 6.07) is 0. The molecule has 0 aromatic heterocycles. The summed E-state index contributed by atoms with van der Waals surface area (Å²) in [5.41, 5.74) is 0. The fraction of sp³-hybridized carbons (Fsp3) is 0. The predicted octanol–water partition coefficient (Wildman–Crippen LogP) is 0.0492. The first-order valence-corrected chi connectivity index (χ1v) is 4.79. The molecule has 0 saturated heterocycles. The molecule has 0 aromatic carbocycles. The molecular formula is CH3OPRh. The van der Waals surface area contributed by atoms with Gasteiger partial charge >= 0.3 is 33.9 Å². The van der Waals surface area contributed by atoms with Crippen LogP contribution >= 0.6 is 7.57 Å². The molecule has 1 nitrogen and oxygen atoms in total. The van der Waals surface area contributed by atoms with Crippen LogP contribution in [0.1, 0.15) is 0 Å². The summed E-state index contributed by atoms with van der Waals surface area (Å²) in [6.45, 7) is 0. The van der Waals surface area contributed by atoms with Crippen molar-refractivity contribution in [3.8, 4) is 0 Å². The Kier molecular flexibility index (Phi) is 4.40. The topological polar surface area (TPSA) is 17.1 Å². The zero-order valence-corrected chi connectivity index (χ0v) is 4.69. The van der Waals surface area contributed by atoms with E-state index in [0.717, 1.165) is 4.88 Å². The third-order valence-electron chi connectivity index (χ3n) is 0.0454. The Bertz CT molecular complexity index is 22.0. The summed E-state index contributed by atoms with van der Waals surface area (Å²) >= 11 is 0.104. The molecule has 0 fully saturated rings. The number of hydrogen-bond acceptors (Lipinski definition) is 1. The zero-order chi connectivity index (χ0) is 3.41. The minimum atomic E-state index is 0.104. The van der Waals surface area contributed by atoms with Crippen LogP contribution in [-0.4, -0.2) is 4.88 Å². The van der Waals surface area contributed by atoms with Gasteiger partial charge in [-0.05, 0) is 0 Å². The van der Waals surface area contributed by atoms with E-state index in [2.05, 4.69) is 7.57 Å². The molecule has 0 aliphatic carbocycles. The van der Waals surface area contributed by atoms with Crippen molar-refractivity contribution in [3.05, 3.63) is 0 Å². The number of rotatable bonds is 1. The molecule has 0 spiro atoms. The van der Waals surface area contributed by atoms with Crippen LogP contribution in [0, 0.1) is 0 Å². The van der Waals surface area contributed by atoms with Crippen LogP contribution in [0.15, 0.2) is 0 Å². The van der Waals surface area contributed by atoms with Gasteiger partial charge in [-0.2, -0.15) is 0 Å². The van der Waals surface area contributed by atoms with Crippen molar-refractivity contribution in [2.24, 2.45) is 0 Å². The van der Waals surface area contributed by atoms with Gasteiger partial charge in [0.15, 0.2) is 0 Å². The van der Waals surface area contributed by atoms with Crippen molar-refractivity contribution >= 4 is 12.5 Å². The second kappa shape index (κ2) is 3.72.